The highest BCUT2D eigenvalue weighted by atomic mass is 35.5. The second-order valence-electron chi connectivity index (χ2n) is 4.88. The Bertz CT molecular complexity index is 556. The molecule has 0 amide bonds. The maximum atomic E-state index is 5.93. The monoisotopic (exact) mass is 289 g/mol. The first-order valence-corrected chi connectivity index (χ1v) is 7.22. The molecule has 2 aromatic rings. The lowest BCUT2D eigenvalue weighted by molar-refractivity contribution is 0.298. The van der Waals surface area contributed by atoms with Gasteiger partial charge in [0.25, 0.3) is 0 Å². The summed E-state index contributed by atoms with van der Waals surface area (Å²) in [4.78, 5) is 0. The smallest absolute Gasteiger partial charge is 0.120 e. The van der Waals surface area contributed by atoms with E-state index in [1.807, 2.05) is 24.3 Å². The van der Waals surface area contributed by atoms with Crippen LogP contribution in [0.15, 0.2) is 48.5 Å². The largest absolute Gasteiger partial charge is 0.494 e. The number of ether oxygens (including phenoxy) is 1. The van der Waals surface area contributed by atoms with E-state index in [0.717, 1.165) is 12.2 Å². The van der Waals surface area contributed by atoms with Gasteiger partial charge in [0.1, 0.15) is 5.75 Å². The van der Waals surface area contributed by atoms with Crippen LogP contribution in [0.3, 0.4) is 0 Å². The summed E-state index contributed by atoms with van der Waals surface area (Å²) in [5.74, 6) is 1.13. The van der Waals surface area contributed by atoms with Crippen LogP contribution in [0, 0.1) is 6.92 Å². The van der Waals surface area contributed by atoms with E-state index in [1.54, 1.807) is 0 Å². The van der Waals surface area contributed by atoms with Gasteiger partial charge in [-0.25, -0.2) is 0 Å². The van der Waals surface area contributed by atoms with Crippen molar-refractivity contribution >= 4 is 11.6 Å². The molecule has 1 unspecified atom stereocenters. The molecule has 3 heteroatoms. The summed E-state index contributed by atoms with van der Waals surface area (Å²) in [6.45, 7) is 3.39. The second kappa shape index (κ2) is 7.32. The Hall–Kier alpha value is -1.51. The lowest BCUT2D eigenvalue weighted by Crippen LogP contribution is -2.16. The molecule has 2 N–H and O–H groups in total. The number of aryl methyl sites for hydroxylation is 1. The highest BCUT2D eigenvalue weighted by molar-refractivity contribution is 6.30. The van der Waals surface area contributed by atoms with Crippen molar-refractivity contribution in [2.45, 2.75) is 19.3 Å². The maximum absolute atomic E-state index is 5.93. The van der Waals surface area contributed by atoms with Crippen molar-refractivity contribution < 1.29 is 4.74 Å². The van der Waals surface area contributed by atoms with Crippen LogP contribution in [0.25, 0.3) is 0 Å². The summed E-state index contributed by atoms with van der Waals surface area (Å²) >= 11 is 5.93. The SMILES string of the molecule is Cc1ccccc1C(CN)CCOc1cccc(Cl)c1. The normalized spacial score (nSPS) is 12.2. The van der Waals surface area contributed by atoms with Crippen molar-refractivity contribution in [3.05, 3.63) is 64.7 Å². The van der Waals surface area contributed by atoms with Crippen molar-refractivity contribution in [3.63, 3.8) is 0 Å². The number of hydrogen-bond donors (Lipinski definition) is 1. The molecular formula is C17H20ClNO. The van der Waals surface area contributed by atoms with Gasteiger partial charge in [0.15, 0.2) is 0 Å². The number of nitrogens with two attached hydrogens (primary N) is 1. The fourth-order valence-electron chi connectivity index (χ4n) is 2.32. The molecule has 0 aliphatic heterocycles. The van der Waals surface area contributed by atoms with Crippen LogP contribution < -0.4 is 10.5 Å². The van der Waals surface area contributed by atoms with E-state index in [1.165, 1.54) is 11.1 Å². The zero-order valence-electron chi connectivity index (χ0n) is 11.7. The first kappa shape index (κ1) is 14.9. The molecular weight excluding hydrogens is 270 g/mol. The molecule has 2 aromatic carbocycles. The summed E-state index contributed by atoms with van der Waals surface area (Å²) in [7, 11) is 0. The number of benzene rings is 2. The molecule has 106 valence electrons. The molecule has 0 saturated carbocycles. The van der Waals surface area contributed by atoms with E-state index >= 15 is 0 Å². The van der Waals surface area contributed by atoms with E-state index in [2.05, 4.69) is 31.2 Å². The van der Waals surface area contributed by atoms with Crippen LogP contribution in [0.2, 0.25) is 5.02 Å². The first-order valence-electron chi connectivity index (χ1n) is 6.84. The third-order valence-corrected chi connectivity index (χ3v) is 3.68. The van der Waals surface area contributed by atoms with Crippen LogP contribution in [-0.4, -0.2) is 13.2 Å². The van der Waals surface area contributed by atoms with Gasteiger partial charge in [0, 0.05) is 5.02 Å². The quantitative estimate of drug-likeness (QED) is 0.866. The molecule has 2 rings (SSSR count). The van der Waals surface area contributed by atoms with E-state index < -0.39 is 0 Å². The van der Waals surface area contributed by atoms with Gasteiger partial charge >= 0.3 is 0 Å². The molecule has 0 aliphatic rings. The average molecular weight is 290 g/mol. The molecule has 2 nitrogen and oxygen atoms in total. The third kappa shape index (κ3) is 3.99. The first-order chi connectivity index (χ1) is 9.70. The van der Waals surface area contributed by atoms with E-state index in [9.17, 15) is 0 Å². The fraction of sp³-hybridized carbons (Fsp3) is 0.294. The third-order valence-electron chi connectivity index (χ3n) is 3.44. The highest BCUT2D eigenvalue weighted by Gasteiger charge is 2.11. The predicted molar refractivity (Wildman–Crippen MR) is 84.5 cm³/mol. The van der Waals surface area contributed by atoms with Crippen molar-refractivity contribution in [2.24, 2.45) is 5.73 Å². The Labute approximate surface area is 125 Å². The summed E-state index contributed by atoms with van der Waals surface area (Å²) < 4.78 is 5.74. The number of halogens is 1. The van der Waals surface area contributed by atoms with E-state index in [-0.39, 0.29) is 0 Å². The lowest BCUT2D eigenvalue weighted by Gasteiger charge is -2.18. The lowest BCUT2D eigenvalue weighted by atomic mass is 9.92. The minimum Gasteiger partial charge on any atom is -0.494 e. The summed E-state index contributed by atoms with van der Waals surface area (Å²) in [6, 6.07) is 15.8. The number of rotatable bonds is 6. The van der Waals surface area contributed by atoms with Crippen LogP contribution >= 0.6 is 11.6 Å². The molecule has 0 heterocycles. The fourth-order valence-corrected chi connectivity index (χ4v) is 2.50. The Kier molecular flexibility index (Phi) is 5.45. The zero-order chi connectivity index (χ0) is 14.4. The van der Waals surface area contributed by atoms with Crippen molar-refractivity contribution in [2.75, 3.05) is 13.2 Å². The molecule has 1 atom stereocenters. The molecule has 0 spiro atoms. The van der Waals surface area contributed by atoms with Crippen molar-refractivity contribution in [1.29, 1.82) is 0 Å². The average Bonchev–Trinajstić information content (AvgIpc) is 2.45. The Balaban J connectivity index is 1.93. The van der Waals surface area contributed by atoms with Crippen LogP contribution in [0.1, 0.15) is 23.5 Å². The summed E-state index contributed by atoms with van der Waals surface area (Å²) in [5, 5.41) is 0.691. The Morgan fingerprint density at radius 1 is 1.15 bits per heavy atom. The predicted octanol–water partition coefficient (Wildman–Crippen LogP) is 4.16. The van der Waals surface area contributed by atoms with Crippen LogP contribution in [0.5, 0.6) is 5.75 Å². The molecule has 0 saturated heterocycles. The van der Waals surface area contributed by atoms with Gasteiger partial charge < -0.3 is 10.5 Å². The molecule has 0 aromatic heterocycles. The van der Waals surface area contributed by atoms with Gasteiger partial charge in [0.2, 0.25) is 0 Å². The standard InChI is InChI=1S/C17H20ClNO/c1-13-5-2-3-8-17(13)14(12-19)9-10-20-16-7-4-6-15(18)11-16/h2-8,11,14H,9-10,12,19H2,1H3. The molecule has 0 fully saturated rings. The van der Waals surface area contributed by atoms with Gasteiger partial charge in [-0.1, -0.05) is 41.9 Å². The molecule has 0 radical (unpaired) electrons. The highest BCUT2D eigenvalue weighted by Crippen LogP contribution is 2.23. The summed E-state index contributed by atoms with van der Waals surface area (Å²) in [6.07, 6.45) is 0.897. The van der Waals surface area contributed by atoms with Crippen molar-refractivity contribution in [1.82, 2.24) is 0 Å². The van der Waals surface area contributed by atoms with Gasteiger partial charge in [-0.15, -0.1) is 0 Å². The molecule has 0 aliphatic carbocycles. The van der Waals surface area contributed by atoms with Gasteiger partial charge in [0.05, 0.1) is 6.61 Å². The van der Waals surface area contributed by atoms with Gasteiger partial charge in [-0.3, -0.25) is 0 Å². The maximum Gasteiger partial charge on any atom is 0.120 e. The molecule has 20 heavy (non-hydrogen) atoms. The Morgan fingerprint density at radius 3 is 2.65 bits per heavy atom. The van der Waals surface area contributed by atoms with Crippen LogP contribution in [0.4, 0.5) is 0 Å². The van der Waals surface area contributed by atoms with Gasteiger partial charge in [-0.2, -0.15) is 0 Å². The summed E-state index contributed by atoms with van der Waals surface area (Å²) in [5.41, 5.74) is 8.49. The van der Waals surface area contributed by atoms with Crippen LogP contribution in [-0.2, 0) is 0 Å². The zero-order valence-corrected chi connectivity index (χ0v) is 12.4. The topological polar surface area (TPSA) is 35.2 Å². The number of hydrogen-bond acceptors (Lipinski definition) is 2. The second-order valence-corrected chi connectivity index (χ2v) is 5.32. The minimum atomic E-state index is 0.329. The van der Waals surface area contributed by atoms with Gasteiger partial charge in [-0.05, 0) is 55.1 Å². The van der Waals surface area contributed by atoms with E-state index in [0.29, 0.717) is 24.1 Å². The minimum absolute atomic E-state index is 0.329. The molecule has 0 bridgehead atoms. The Morgan fingerprint density at radius 2 is 1.95 bits per heavy atom. The van der Waals surface area contributed by atoms with Crippen molar-refractivity contribution in [3.8, 4) is 5.75 Å². The van der Waals surface area contributed by atoms with E-state index in [4.69, 9.17) is 22.1 Å².